The molecule has 0 spiro atoms. The number of fused-ring (bicyclic) bond motifs is 1. The van der Waals surface area contributed by atoms with Crippen LogP contribution < -0.4 is 0 Å². The lowest BCUT2D eigenvalue weighted by Crippen LogP contribution is -2.47. The molecule has 2 aromatic rings. The molecule has 1 unspecified atom stereocenters. The number of nitrogens with zero attached hydrogens (tertiary/aromatic N) is 2. The van der Waals surface area contributed by atoms with E-state index in [-0.39, 0.29) is 11.9 Å². The summed E-state index contributed by atoms with van der Waals surface area (Å²) in [6.07, 6.45) is 0.996. The summed E-state index contributed by atoms with van der Waals surface area (Å²) in [6.45, 7) is 3.60. The van der Waals surface area contributed by atoms with Crippen molar-refractivity contribution in [2.45, 2.75) is 19.0 Å². The minimum Gasteiger partial charge on any atom is -0.336 e. The van der Waals surface area contributed by atoms with Crippen molar-refractivity contribution in [3.63, 3.8) is 0 Å². The van der Waals surface area contributed by atoms with Gasteiger partial charge in [0.05, 0.1) is 0 Å². The van der Waals surface area contributed by atoms with Gasteiger partial charge in [0.15, 0.2) is 0 Å². The van der Waals surface area contributed by atoms with E-state index in [2.05, 4.69) is 33.4 Å². The van der Waals surface area contributed by atoms with Gasteiger partial charge >= 0.3 is 0 Å². The Balaban J connectivity index is 1.59. The first-order valence-electron chi connectivity index (χ1n) is 8.54. The zero-order valence-corrected chi connectivity index (χ0v) is 15.3. The third-order valence-electron chi connectivity index (χ3n) is 4.88. The van der Waals surface area contributed by atoms with Gasteiger partial charge in [-0.2, -0.15) is 11.8 Å². The summed E-state index contributed by atoms with van der Waals surface area (Å²) in [5.74, 6) is 2.50. The number of carbonyl (C=O) groups is 1. The van der Waals surface area contributed by atoms with Gasteiger partial charge in [0.2, 0.25) is 5.91 Å². The molecule has 0 radical (unpaired) electrons. The fraction of sp³-hybridized carbons (Fsp3) is 0.421. The molecule has 0 aliphatic carbocycles. The standard InChI is InChI=1S/C19H22N2OS2/c22-19(21-8-6-17-16(14-21)7-11-24-17)18(15-4-2-1-3-5-15)20-9-12-23-13-10-20/h1-5,7,11,18H,6,8-10,12-14H2. The smallest absolute Gasteiger partial charge is 0.244 e. The molecule has 126 valence electrons. The van der Waals surface area contributed by atoms with Crippen LogP contribution in [0.3, 0.4) is 0 Å². The molecule has 1 amide bonds. The van der Waals surface area contributed by atoms with Crippen LogP contribution in [0.1, 0.15) is 22.0 Å². The molecule has 0 bridgehead atoms. The normalized spacial score (nSPS) is 19.8. The van der Waals surface area contributed by atoms with Gasteiger partial charge in [-0.05, 0) is 29.0 Å². The SMILES string of the molecule is O=C(C(c1ccccc1)N1CCSCC1)N1CCc2sccc2C1. The Kier molecular flexibility index (Phi) is 4.92. The van der Waals surface area contributed by atoms with E-state index in [0.717, 1.165) is 49.7 Å². The summed E-state index contributed by atoms with van der Waals surface area (Å²) in [5.41, 5.74) is 2.46. The maximum Gasteiger partial charge on any atom is 0.244 e. The maximum absolute atomic E-state index is 13.4. The molecule has 0 N–H and O–H groups in total. The van der Waals surface area contributed by atoms with Crippen LogP contribution in [0.5, 0.6) is 0 Å². The number of rotatable bonds is 3. The van der Waals surface area contributed by atoms with Crippen molar-refractivity contribution in [1.82, 2.24) is 9.80 Å². The number of amides is 1. The summed E-state index contributed by atoms with van der Waals surface area (Å²) < 4.78 is 0. The summed E-state index contributed by atoms with van der Waals surface area (Å²) >= 11 is 3.81. The number of thioether (sulfide) groups is 1. The van der Waals surface area contributed by atoms with Crippen molar-refractivity contribution in [3.05, 3.63) is 57.8 Å². The Hall–Kier alpha value is -1.30. The second-order valence-electron chi connectivity index (χ2n) is 6.34. The second kappa shape index (κ2) is 7.30. The molecular weight excluding hydrogens is 336 g/mol. The van der Waals surface area contributed by atoms with Gasteiger partial charge in [-0.1, -0.05) is 30.3 Å². The first-order chi connectivity index (χ1) is 11.8. The lowest BCUT2D eigenvalue weighted by atomic mass is 10.0. The minimum atomic E-state index is -0.132. The molecule has 24 heavy (non-hydrogen) atoms. The van der Waals surface area contributed by atoms with Crippen LogP contribution in [0.15, 0.2) is 41.8 Å². The van der Waals surface area contributed by atoms with E-state index in [1.54, 1.807) is 0 Å². The molecule has 1 atom stereocenters. The van der Waals surface area contributed by atoms with Gasteiger partial charge < -0.3 is 4.90 Å². The third-order valence-corrected chi connectivity index (χ3v) is 6.84. The molecule has 1 saturated heterocycles. The molecule has 1 aromatic heterocycles. The highest BCUT2D eigenvalue weighted by molar-refractivity contribution is 7.99. The van der Waals surface area contributed by atoms with Crippen molar-refractivity contribution in [1.29, 1.82) is 0 Å². The monoisotopic (exact) mass is 358 g/mol. The van der Waals surface area contributed by atoms with E-state index in [9.17, 15) is 4.79 Å². The van der Waals surface area contributed by atoms with Crippen molar-refractivity contribution in [3.8, 4) is 0 Å². The first kappa shape index (κ1) is 16.2. The summed E-state index contributed by atoms with van der Waals surface area (Å²) in [4.78, 5) is 19.3. The highest BCUT2D eigenvalue weighted by Crippen LogP contribution is 2.30. The lowest BCUT2D eigenvalue weighted by molar-refractivity contribution is -0.138. The van der Waals surface area contributed by atoms with Crippen LogP contribution >= 0.6 is 23.1 Å². The number of thiophene rings is 1. The maximum atomic E-state index is 13.4. The molecule has 5 heteroatoms. The van der Waals surface area contributed by atoms with E-state index >= 15 is 0 Å². The van der Waals surface area contributed by atoms with Crippen LogP contribution in [0, 0.1) is 0 Å². The zero-order valence-electron chi connectivity index (χ0n) is 13.7. The van der Waals surface area contributed by atoms with Crippen molar-refractivity contribution < 1.29 is 4.79 Å². The predicted octanol–water partition coefficient (Wildman–Crippen LogP) is 3.42. The Labute approximate surface area is 151 Å². The second-order valence-corrected chi connectivity index (χ2v) is 8.57. The number of carbonyl (C=O) groups excluding carboxylic acids is 1. The third kappa shape index (κ3) is 3.25. The Morgan fingerprint density at radius 2 is 1.83 bits per heavy atom. The van der Waals surface area contributed by atoms with Gasteiger partial charge in [0, 0.05) is 42.6 Å². The largest absolute Gasteiger partial charge is 0.336 e. The van der Waals surface area contributed by atoms with Crippen LogP contribution in [-0.4, -0.2) is 46.8 Å². The first-order valence-corrected chi connectivity index (χ1v) is 10.6. The van der Waals surface area contributed by atoms with E-state index < -0.39 is 0 Å². The molecule has 1 fully saturated rings. The van der Waals surface area contributed by atoms with Gasteiger partial charge in [0.25, 0.3) is 0 Å². The number of benzene rings is 1. The van der Waals surface area contributed by atoms with Crippen LogP contribution in [0.4, 0.5) is 0 Å². The zero-order chi connectivity index (χ0) is 16.4. The highest BCUT2D eigenvalue weighted by Gasteiger charge is 2.33. The summed E-state index contributed by atoms with van der Waals surface area (Å²) in [7, 11) is 0. The van der Waals surface area contributed by atoms with Crippen molar-refractivity contribution in [2.75, 3.05) is 31.1 Å². The molecule has 0 saturated carbocycles. The van der Waals surface area contributed by atoms with Crippen LogP contribution in [0.25, 0.3) is 0 Å². The van der Waals surface area contributed by atoms with Crippen molar-refractivity contribution in [2.24, 2.45) is 0 Å². The van der Waals surface area contributed by atoms with Gasteiger partial charge in [-0.3, -0.25) is 9.69 Å². The molecule has 1 aromatic carbocycles. The van der Waals surface area contributed by atoms with Crippen molar-refractivity contribution >= 4 is 29.0 Å². The minimum absolute atomic E-state index is 0.132. The Morgan fingerprint density at radius 3 is 2.62 bits per heavy atom. The molecular formula is C19H22N2OS2. The van der Waals surface area contributed by atoms with E-state index in [1.807, 2.05) is 41.3 Å². The Morgan fingerprint density at radius 1 is 1.04 bits per heavy atom. The van der Waals surface area contributed by atoms with Gasteiger partial charge in [0.1, 0.15) is 6.04 Å². The van der Waals surface area contributed by atoms with Gasteiger partial charge in [-0.25, -0.2) is 0 Å². The van der Waals surface area contributed by atoms with E-state index in [0.29, 0.717) is 0 Å². The van der Waals surface area contributed by atoms with Crippen LogP contribution in [-0.2, 0) is 17.8 Å². The molecule has 4 rings (SSSR count). The Bertz CT molecular complexity index is 694. The molecule has 3 heterocycles. The fourth-order valence-electron chi connectivity index (χ4n) is 3.59. The highest BCUT2D eigenvalue weighted by atomic mass is 32.2. The number of hydrogen-bond donors (Lipinski definition) is 0. The summed E-state index contributed by atoms with van der Waals surface area (Å²) in [6, 6.07) is 12.4. The predicted molar refractivity (Wildman–Crippen MR) is 102 cm³/mol. The van der Waals surface area contributed by atoms with Gasteiger partial charge in [-0.15, -0.1) is 11.3 Å². The van der Waals surface area contributed by atoms with E-state index in [4.69, 9.17) is 0 Å². The topological polar surface area (TPSA) is 23.6 Å². The van der Waals surface area contributed by atoms with Crippen LogP contribution in [0.2, 0.25) is 0 Å². The molecule has 2 aliphatic rings. The summed E-state index contributed by atoms with van der Waals surface area (Å²) in [5, 5.41) is 2.15. The van der Waals surface area contributed by atoms with E-state index in [1.165, 1.54) is 10.4 Å². The fourth-order valence-corrected chi connectivity index (χ4v) is 5.41. The molecule has 3 nitrogen and oxygen atoms in total. The molecule has 2 aliphatic heterocycles. The number of hydrogen-bond acceptors (Lipinski definition) is 4. The lowest BCUT2D eigenvalue weighted by Gasteiger charge is -2.38. The quantitative estimate of drug-likeness (QED) is 0.840. The average molecular weight is 359 g/mol. The average Bonchev–Trinajstić information content (AvgIpc) is 3.11.